The van der Waals surface area contributed by atoms with E-state index >= 15 is 0 Å². The highest BCUT2D eigenvalue weighted by Gasteiger charge is 2.43. The quantitative estimate of drug-likeness (QED) is 0.205. The van der Waals surface area contributed by atoms with Crippen molar-refractivity contribution >= 4 is 49.4 Å². The maximum Gasteiger partial charge on any atom is 0.201 e. The normalized spacial score (nSPS) is 16.8. The lowest BCUT2D eigenvalue weighted by molar-refractivity contribution is 0.489. The van der Waals surface area contributed by atoms with Gasteiger partial charge in [-0.2, -0.15) is 0 Å². The van der Waals surface area contributed by atoms with Crippen molar-refractivity contribution in [3.63, 3.8) is 0 Å². The van der Waals surface area contributed by atoms with Crippen molar-refractivity contribution in [3.05, 3.63) is 190 Å². The van der Waals surface area contributed by atoms with E-state index in [1.54, 1.807) is 0 Å². The van der Waals surface area contributed by atoms with Gasteiger partial charge in [0.2, 0.25) is 6.29 Å². The number of rotatable bonds is 3. The first kappa shape index (κ1) is 27.7. The van der Waals surface area contributed by atoms with Crippen LogP contribution >= 0.6 is 0 Å². The van der Waals surface area contributed by atoms with Crippen molar-refractivity contribution in [2.45, 2.75) is 25.6 Å². The molecule has 3 aliphatic rings. The molecule has 3 heteroatoms. The molecule has 1 aliphatic heterocycles. The molecule has 7 aromatic carbocycles. The summed E-state index contributed by atoms with van der Waals surface area (Å²) in [7, 11) is 0. The van der Waals surface area contributed by atoms with Crippen molar-refractivity contribution in [2.24, 2.45) is 4.99 Å². The topological polar surface area (TPSA) is 29.3 Å². The molecule has 2 heterocycles. The molecule has 50 heavy (non-hydrogen) atoms. The van der Waals surface area contributed by atoms with Crippen LogP contribution in [0.15, 0.2) is 157 Å². The molecule has 0 saturated carbocycles. The van der Waals surface area contributed by atoms with Crippen LogP contribution in [0.5, 0.6) is 0 Å². The molecule has 0 fully saturated rings. The molecule has 0 bridgehead atoms. The van der Waals surface area contributed by atoms with Crippen LogP contribution in [-0.2, 0) is 5.41 Å². The van der Waals surface area contributed by atoms with Crippen LogP contribution in [0.1, 0.15) is 48.0 Å². The van der Waals surface area contributed by atoms with Gasteiger partial charge < -0.3 is 9.88 Å². The van der Waals surface area contributed by atoms with Gasteiger partial charge in [-0.15, -0.1) is 0 Å². The maximum absolute atomic E-state index is 5.28. The number of aromatic nitrogens is 1. The Labute approximate surface area is 290 Å². The van der Waals surface area contributed by atoms with E-state index in [1.165, 1.54) is 66.1 Å². The number of nitrogens with zero attached hydrogens (tertiary/aromatic N) is 2. The zero-order valence-corrected chi connectivity index (χ0v) is 27.9. The zero-order valence-electron chi connectivity index (χ0n) is 27.9. The second-order valence-electron chi connectivity index (χ2n) is 14.4. The lowest BCUT2D eigenvalue weighted by atomic mass is 9.77. The molecular formula is C47H33N3. The molecule has 2 aliphatic carbocycles. The Morgan fingerprint density at radius 2 is 1.30 bits per heavy atom. The van der Waals surface area contributed by atoms with Gasteiger partial charge in [0.1, 0.15) is 0 Å². The molecule has 0 radical (unpaired) electrons. The van der Waals surface area contributed by atoms with Crippen molar-refractivity contribution in [3.8, 4) is 11.1 Å². The summed E-state index contributed by atoms with van der Waals surface area (Å²) in [5, 5.41) is 11.1. The maximum atomic E-state index is 5.28. The van der Waals surface area contributed by atoms with E-state index in [2.05, 4.69) is 175 Å². The van der Waals surface area contributed by atoms with Crippen molar-refractivity contribution in [1.82, 2.24) is 9.88 Å². The van der Waals surface area contributed by atoms with E-state index in [1.807, 2.05) is 0 Å². The average Bonchev–Trinajstić information content (AvgIpc) is 3.76. The van der Waals surface area contributed by atoms with Gasteiger partial charge in [-0.25, -0.2) is 4.99 Å². The van der Waals surface area contributed by atoms with Crippen molar-refractivity contribution < 1.29 is 0 Å². The van der Waals surface area contributed by atoms with Crippen molar-refractivity contribution in [2.75, 3.05) is 0 Å². The van der Waals surface area contributed by atoms with E-state index in [-0.39, 0.29) is 11.7 Å². The Balaban J connectivity index is 1.05. The highest BCUT2D eigenvalue weighted by atomic mass is 15.3. The number of fused-ring (bicyclic) bond motifs is 8. The second kappa shape index (κ2) is 9.93. The molecule has 11 rings (SSSR count). The standard InChI is InChI=1S/C47H33N3/c1-47(2)38-27-31(22-24-33(38)43-35-18-10-14-28-15-11-19-36(42(28)35)44(43)47)30-23-25-41-37(26-30)32-16-7-9-21-40(32)50(41)46-48-39-20-8-6-17-34(39)45(49-46)29-12-4-3-5-13-29/h3-27,46,49H,1-2H3. The zero-order chi connectivity index (χ0) is 33.1. The molecule has 0 spiro atoms. The van der Waals surface area contributed by atoms with Gasteiger partial charge >= 0.3 is 0 Å². The summed E-state index contributed by atoms with van der Waals surface area (Å²) in [6.45, 7) is 4.80. The van der Waals surface area contributed by atoms with Crippen LogP contribution in [0.25, 0.3) is 60.5 Å². The summed E-state index contributed by atoms with van der Waals surface area (Å²) in [4.78, 5) is 5.28. The molecule has 0 amide bonds. The largest absolute Gasteiger partial charge is 0.345 e. The number of hydrogen-bond donors (Lipinski definition) is 1. The highest BCUT2D eigenvalue weighted by Crippen LogP contribution is 2.59. The first-order chi connectivity index (χ1) is 24.6. The fourth-order valence-corrected chi connectivity index (χ4v) is 9.13. The van der Waals surface area contributed by atoms with Gasteiger partial charge in [0.25, 0.3) is 0 Å². The number of benzene rings is 7. The third-order valence-corrected chi connectivity index (χ3v) is 11.3. The van der Waals surface area contributed by atoms with E-state index in [0.29, 0.717) is 0 Å². The van der Waals surface area contributed by atoms with E-state index in [0.717, 1.165) is 32.9 Å². The van der Waals surface area contributed by atoms with Crippen LogP contribution in [-0.4, -0.2) is 4.57 Å². The Morgan fingerprint density at radius 3 is 2.18 bits per heavy atom. The molecule has 0 saturated heterocycles. The number of para-hydroxylation sites is 2. The Morgan fingerprint density at radius 1 is 0.580 bits per heavy atom. The van der Waals surface area contributed by atoms with Crippen LogP contribution in [0.3, 0.4) is 0 Å². The first-order valence-corrected chi connectivity index (χ1v) is 17.5. The fraction of sp³-hybridized carbons (Fsp3) is 0.0851. The minimum atomic E-state index is -0.296. The summed E-state index contributed by atoms with van der Waals surface area (Å²) < 4.78 is 2.37. The van der Waals surface area contributed by atoms with Gasteiger partial charge in [-0.05, 0) is 91.2 Å². The Bertz CT molecular complexity index is 2920. The van der Waals surface area contributed by atoms with Gasteiger partial charge in [-0.1, -0.05) is 135 Å². The molecule has 3 nitrogen and oxygen atoms in total. The summed E-state index contributed by atoms with van der Waals surface area (Å²) in [6.07, 6.45) is -0.296. The third kappa shape index (κ3) is 3.67. The third-order valence-electron chi connectivity index (χ3n) is 11.3. The molecule has 1 N–H and O–H groups in total. The van der Waals surface area contributed by atoms with Crippen LogP contribution in [0, 0.1) is 0 Å². The smallest absolute Gasteiger partial charge is 0.201 e. The molecular weight excluding hydrogens is 607 g/mol. The first-order valence-electron chi connectivity index (χ1n) is 17.5. The highest BCUT2D eigenvalue weighted by molar-refractivity contribution is 6.22. The summed E-state index contributed by atoms with van der Waals surface area (Å²) >= 11 is 0. The van der Waals surface area contributed by atoms with Gasteiger partial charge in [0, 0.05) is 21.4 Å². The molecule has 236 valence electrons. The summed E-state index contributed by atoms with van der Waals surface area (Å²) in [5.41, 5.74) is 15.4. The van der Waals surface area contributed by atoms with Crippen LogP contribution in [0.4, 0.5) is 0 Å². The average molecular weight is 640 g/mol. The van der Waals surface area contributed by atoms with E-state index in [9.17, 15) is 0 Å². The predicted molar refractivity (Wildman–Crippen MR) is 206 cm³/mol. The van der Waals surface area contributed by atoms with Crippen LogP contribution < -0.4 is 15.9 Å². The summed E-state index contributed by atoms with van der Waals surface area (Å²) in [6, 6.07) is 55.4. The van der Waals surface area contributed by atoms with Crippen LogP contribution in [0.2, 0.25) is 0 Å². The Hall–Kier alpha value is -6.19. The van der Waals surface area contributed by atoms with Gasteiger partial charge in [0.05, 0.1) is 22.1 Å². The van der Waals surface area contributed by atoms with Crippen molar-refractivity contribution in [1.29, 1.82) is 0 Å². The number of allylic oxidation sites excluding steroid dienone is 1. The number of nitrogens with one attached hydrogen (secondary N) is 1. The minimum absolute atomic E-state index is 0.106. The Kier molecular flexibility index (Phi) is 5.51. The fourth-order valence-electron chi connectivity index (χ4n) is 9.13. The lowest BCUT2D eigenvalue weighted by Gasteiger charge is -2.26. The number of hydrogen-bond acceptors (Lipinski definition) is 2. The molecule has 8 aromatic rings. The summed E-state index contributed by atoms with van der Waals surface area (Å²) in [5.74, 6) is 0. The molecule has 1 atom stereocenters. The molecule has 1 unspecified atom stereocenters. The van der Waals surface area contributed by atoms with E-state index < -0.39 is 0 Å². The SMILES string of the molecule is CC1(C)C2=C(c3ccc(-c4ccc5c(c4)c4ccccc4n5C4N=c5ccccc5=C(c5ccccc5)N4)cc31)c1cccc3cccc2c13. The second-order valence-corrected chi connectivity index (χ2v) is 14.4. The van der Waals surface area contributed by atoms with E-state index in [4.69, 9.17) is 4.99 Å². The molecule has 1 aromatic heterocycles. The predicted octanol–water partition coefficient (Wildman–Crippen LogP) is 9.71. The monoisotopic (exact) mass is 639 g/mol. The van der Waals surface area contributed by atoms with Gasteiger partial charge in [0.15, 0.2) is 0 Å². The lowest BCUT2D eigenvalue weighted by Crippen LogP contribution is -2.41. The minimum Gasteiger partial charge on any atom is -0.345 e. The van der Waals surface area contributed by atoms with Gasteiger partial charge in [-0.3, -0.25) is 0 Å².